The van der Waals surface area contributed by atoms with E-state index in [1.54, 1.807) is 0 Å². The van der Waals surface area contributed by atoms with Gasteiger partial charge in [0.05, 0.1) is 12.7 Å². The van der Waals surface area contributed by atoms with Gasteiger partial charge in [0.25, 0.3) is 0 Å². The first-order valence-corrected chi connectivity index (χ1v) is 5.88. The molecule has 0 aliphatic rings. The number of hydrogen-bond donors (Lipinski definition) is 1. The minimum absolute atomic E-state index is 0.461. The Morgan fingerprint density at radius 2 is 2.18 bits per heavy atom. The normalized spacial score (nSPS) is 11.4. The number of aromatic nitrogens is 2. The molecule has 0 fully saturated rings. The van der Waals surface area contributed by atoms with E-state index in [0.29, 0.717) is 6.04 Å². The topological polar surface area (TPSA) is 43.0 Å². The summed E-state index contributed by atoms with van der Waals surface area (Å²) in [7, 11) is 1.99. The highest BCUT2D eigenvalue weighted by atomic mass is 16.3. The van der Waals surface area contributed by atoms with Crippen LogP contribution in [0.15, 0.2) is 22.7 Å². The van der Waals surface area contributed by atoms with E-state index in [2.05, 4.69) is 24.1 Å². The molecule has 2 rings (SSSR count). The van der Waals surface area contributed by atoms with Gasteiger partial charge in [0.15, 0.2) is 5.76 Å². The van der Waals surface area contributed by atoms with E-state index in [1.165, 1.54) is 0 Å². The van der Waals surface area contributed by atoms with Crippen molar-refractivity contribution in [1.82, 2.24) is 14.9 Å². The van der Waals surface area contributed by atoms with Crippen molar-refractivity contribution in [2.75, 3.05) is 0 Å². The molecule has 92 valence electrons. The molecule has 0 aliphatic heterocycles. The second kappa shape index (κ2) is 4.75. The fraction of sp³-hybridized carbons (Fsp3) is 0.462. The number of furan rings is 1. The second-order valence-electron chi connectivity index (χ2n) is 4.55. The monoisotopic (exact) mass is 233 g/mol. The lowest BCUT2D eigenvalue weighted by Crippen LogP contribution is -2.21. The van der Waals surface area contributed by atoms with Gasteiger partial charge in [0.1, 0.15) is 17.3 Å². The summed E-state index contributed by atoms with van der Waals surface area (Å²) in [5.74, 6) is 2.81. The van der Waals surface area contributed by atoms with E-state index in [-0.39, 0.29) is 0 Å². The van der Waals surface area contributed by atoms with Gasteiger partial charge in [-0.05, 0) is 19.1 Å². The van der Waals surface area contributed by atoms with Gasteiger partial charge in [-0.25, -0.2) is 4.98 Å². The second-order valence-corrected chi connectivity index (χ2v) is 4.55. The zero-order chi connectivity index (χ0) is 12.4. The molecule has 4 heteroatoms. The fourth-order valence-electron chi connectivity index (χ4n) is 1.65. The van der Waals surface area contributed by atoms with Crippen molar-refractivity contribution in [3.63, 3.8) is 0 Å². The maximum absolute atomic E-state index is 5.79. The number of imidazole rings is 1. The van der Waals surface area contributed by atoms with Crippen LogP contribution in [0, 0.1) is 6.92 Å². The number of aryl methyl sites for hydroxylation is 1. The van der Waals surface area contributed by atoms with Crippen LogP contribution in [-0.2, 0) is 13.6 Å². The van der Waals surface area contributed by atoms with Crippen LogP contribution in [0.1, 0.15) is 25.4 Å². The lowest BCUT2D eigenvalue weighted by molar-refractivity contribution is 0.471. The standard InChI is InChI=1S/C13H19N3O/c1-9(2)14-7-11-5-6-13(17-11)12-8-15-10(3)16(12)4/h5-6,8-9,14H,7H2,1-4H3. The van der Waals surface area contributed by atoms with E-state index < -0.39 is 0 Å². The number of hydrogen-bond acceptors (Lipinski definition) is 3. The van der Waals surface area contributed by atoms with Crippen molar-refractivity contribution in [2.24, 2.45) is 7.05 Å². The molecule has 0 aliphatic carbocycles. The summed E-state index contributed by atoms with van der Waals surface area (Å²) in [6.45, 7) is 6.98. The first kappa shape index (κ1) is 11.9. The molecule has 0 aromatic carbocycles. The Labute approximate surface area is 102 Å². The molecule has 0 spiro atoms. The van der Waals surface area contributed by atoms with Crippen molar-refractivity contribution in [3.8, 4) is 11.5 Å². The van der Waals surface area contributed by atoms with Gasteiger partial charge >= 0.3 is 0 Å². The van der Waals surface area contributed by atoms with E-state index in [0.717, 1.165) is 29.6 Å². The van der Waals surface area contributed by atoms with Crippen molar-refractivity contribution in [1.29, 1.82) is 0 Å². The molecule has 0 atom stereocenters. The van der Waals surface area contributed by atoms with Crippen LogP contribution in [0.2, 0.25) is 0 Å². The smallest absolute Gasteiger partial charge is 0.152 e. The van der Waals surface area contributed by atoms with Gasteiger partial charge in [-0.3, -0.25) is 0 Å². The van der Waals surface area contributed by atoms with E-state index in [4.69, 9.17) is 4.42 Å². The molecule has 4 nitrogen and oxygen atoms in total. The highest BCUT2D eigenvalue weighted by Gasteiger charge is 2.10. The van der Waals surface area contributed by atoms with Gasteiger partial charge < -0.3 is 14.3 Å². The van der Waals surface area contributed by atoms with E-state index in [9.17, 15) is 0 Å². The molecule has 2 heterocycles. The van der Waals surface area contributed by atoms with Crippen LogP contribution < -0.4 is 5.32 Å². The largest absolute Gasteiger partial charge is 0.458 e. The van der Waals surface area contributed by atoms with Gasteiger partial charge in [-0.2, -0.15) is 0 Å². The summed E-state index contributed by atoms with van der Waals surface area (Å²) in [5.41, 5.74) is 1.01. The zero-order valence-corrected chi connectivity index (χ0v) is 10.8. The molecule has 2 aromatic heterocycles. The molecule has 0 radical (unpaired) electrons. The summed E-state index contributed by atoms with van der Waals surface area (Å²) in [4.78, 5) is 4.26. The number of nitrogens with one attached hydrogen (secondary N) is 1. The van der Waals surface area contributed by atoms with E-state index in [1.807, 2.05) is 36.9 Å². The Morgan fingerprint density at radius 1 is 1.41 bits per heavy atom. The van der Waals surface area contributed by atoms with Gasteiger partial charge in [-0.1, -0.05) is 13.8 Å². The molecule has 0 bridgehead atoms. The van der Waals surface area contributed by atoms with Crippen LogP contribution in [0.3, 0.4) is 0 Å². The van der Waals surface area contributed by atoms with Gasteiger partial charge in [-0.15, -0.1) is 0 Å². The Bertz CT molecular complexity index is 496. The van der Waals surface area contributed by atoms with Crippen molar-refractivity contribution >= 4 is 0 Å². The highest BCUT2D eigenvalue weighted by molar-refractivity contribution is 5.52. The average Bonchev–Trinajstić information content (AvgIpc) is 2.85. The minimum atomic E-state index is 0.461. The first-order chi connectivity index (χ1) is 8.08. The van der Waals surface area contributed by atoms with Crippen LogP contribution in [0.4, 0.5) is 0 Å². The Morgan fingerprint density at radius 3 is 2.76 bits per heavy atom. The summed E-state index contributed by atoms with van der Waals surface area (Å²) in [6.07, 6.45) is 1.84. The Hall–Kier alpha value is -1.55. The molecular formula is C13H19N3O. The zero-order valence-electron chi connectivity index (χ0n) is 10.8. The molecule has 1 N–H and O–H groups in total. The number of nitrogens with zero attached hydrogens (tertiary/aromatic N) is 2. The Kier molecular flexibility index (Phi) is 3.33. The molecule has 17 heavy (non-hydrogen) atoms. The van der Waals surface area contributed by atoms with Crippen LogP contribution in [-0.4, -0.2) is 15.6 Å². The molecular weight excluding hydrogens is 214 g/mol. The van der Waals surface area contributed by atoms with Crippen molar-refractivity contribution < 1.29 is 4.42 Å². The van der Waals surface area contributed by atoms with Gasteiger partial charge in [0.2, 0.25) is 0 Å². The summed E-state index contributed by atoms with van der Waals surface area (Å²) in [5, 5.41) is 3.33. The SMILES string of the molecule is Cc1ncc(-c2ccc(CNC(C)C)o2)n1C. The Balaban J connectivity index is 2.15. The predicted molar refractivity (Wildman–Crippen MR) is 67.6 cm³/mol. The highest BCUT2D eigenvalue weighted by Crippen LogP contribution is 2.22. The quantitative estimate of drug-likeness (QED) is 0.882. The van der Waals surface area contributed by atoms with Gasteiger partial charge in [0, 0.05) is 13.1 Å². The molecule has 2 aromatic rings. The molecule has 0 saturated carbocycles. The van der Waals surface area contributed by atoms with Crippen LogP contribution in [0.5, 0.6) is 0 Å². The first-order valence-electron chi connectivity index (χ1n) is 5.88. The third-order valence-corrected chi connectivity index (χ3v) is 2.82. The minimum Gasteiger partial charge on any atom is -0.458 e. The van der Waals surface area contributed by atoms with Crippen LogP contribution >= 0.6 is 0 Å². The summed E-state index contributed by atoms with van der Waals surface area (Å²) >= 11 is 0. The summed E-state index contributed by atoms with van der Waals surface area (Å²) in [6, 6.07) is 4.46. The van der Waals surface area contributed by atoms with Crippen molar-refractivity contribution in [3.05, 3.63) is 29.9 Å². The maximum atomic E-state index is 5.79. The molecule has 0 unspecified atom stereocenters. The van der Waals surface area contributed by atoms with E-state index >= 15 is 0 Å². The van der Waals surface area contributed by atoms with Crippen LogP contribution in [0.25, 0.3) is 11.5 Å². The lowest BCUT2D eigenvalue weighted by Gasteiger charge is -2.05. The predicted octanol–water partition coefficient (Wildman–Crippen LogP) is 2.49. The lowest BCUT2D eigenvalue weighted by atomic mass is 10.3. The third-order valence-electron chi connectivity index (χ3n) is 2.82. The number of rotatable bonds is 4. The van der Waals surface area contributed by atoms with Crippen molar-refractivity contribution in [2.45, 2.75) is 33.4 Å². The third kappa shape index (κ3) is 2.58. The fourth-order valence-corrected chi connectivity index (χ4v) is 1.65. The summed E-state index contributed by atoms with van der Waals surface area (Å²) < 4.78 is 7.82. The average molecular weight is 233 g/mol. The molecule has 0 amide bonds. The molecule has 0 saturated heterocycles. The maximum Gasteiger partial charge on any atom is 0.152 e.